The fraction of sp³-hybridized carbons (Fsp3) is 0. The van der Waals surface area contributed by atoms with E-state index in [0.717, 1.165) is 98.5 Å². The summed E-state index contributed by atoms with van der Waals surface area (Å²) < 4.78 is 27.0. The van der Waals surface area contributed by atoms with E-state index in [1.165, 1.54) is 0 Å². The molecule has 12 nitrogen and oxygen atoms in total. The van der Waals surface area contributed by atoms with Crippen LogP contribution in [0.15, 0.2) is 110 Å². The third kappa shape index (κ3) is 5.43. The first-order chi connectivity index (χ1) is 25.3. The Balaban J connectivity index is 0.000000103. The molecule has 12 rings (SSSR count). The van der Waals surface area contributed by atoms with Crippen molar-refractivity contribution in [3.8, 4) is 0 Å². The molecule has 0 amide bonds. The van der Waals surface area contributed by atoms with Gasteiger partial charge in [0.25, 0.3) is 0 Å². The number of aromatic nitrogens is 12. The van der Waals surface area contributed by atoms with Crippen LogP contribution in [-0.2, 0) is 19.5 Å². The van der Waals surface area contributed by atoms with Crippen molar-refractivity contribution in [1.82, 2.24) is 53.8 Å². The van der Waals surface area contributed by atoms with Crippen molar-refractivity contribution in [3.05, 3.63) is 110 Å². The molecule has 245 valence electrons. The number of fused-ring (bicyclic) bond motifs is 18. The molecule has 0 saturated heterocycles. The van der Waals surface area contributed by atoms with Crippen molar-refractivity contribution >= 4 is 143 Å². The molecule has 12 aromatic rings. The van der Waals surface area contributed by atoms with Crippen molar-refractivity contribution in [2.75, 3.05) is 0 Å². The first-order valence-electron chi connectivity index (χ1n) is 15.6. The molecule has 0 atom stereocenters. The van der Waals surface area contributed by atoms with E-state index in [4.69, 9.17) is 0 Å². The topological polar surface area (TPSA) is 155 Å². The van der Waals surface area contributed by atoms with E-state index >= 15 is 0 Å². The molecule has 0 N–H and O–H groups in total. The average Bonchev–Trinajstić information content (AvgIpc) is 4.01. The van der Waals surface area contributed by atoms with Gasteiger partial charge in [-0.2, -0.15) is 0 Å². The number of nitrogens with zero attached hydrogens (tertiary/aromatic N) is 12. The molecule has 0 spiro atoms. The fourth-order valence-electron chi connectivity index (χ4n) is 6.34. The van der Waals surface area contributed by atoms with Crippen LogP contribution in [0.5, 0.6) is 0 Å². The molecule has 3 aromatic carbocycles. The summed E-state index contributed by atoms with van der Waals surface area (Å²) in [7, 11) is 0. The summed E-state index contributed by atoms with van der Waals surface area (Å²) in [5, 5.41) is 6.32. The maximum atomic E-state index is 4.51. The second-order valence-electron chi connectivity index (χ2n) is 11.3. The van der Waals surface area contributed by atoms with Crippen LogP contribution in [0.4, 0.5) is 0 Å². The Hall–Kier alpha value is -4.90. The normalized spacial score (nSPS) is 11.3. The summed E-state index contributed by atoms with van der Waals surface area (Å²) in [4.78, 5) is 26.6. The van der Waals surface area contributed by atoms with Gasteiger partial charge in [0.1, 0.15) is 0 Å². The summed E-state index contributed by atoms with van der Waals surface area (Å²) in [6, 6.07) is 23.8. The summed E-state index contributed by atoms with van der Waals surface area (Å²) in [5.74, 6) is 0. The minimum atomic E-state index is -0.0325. The predicted molar refractivity (Wildman–Crippen MR) is 201 cm³/mol. The van der Waals surface area contributed by atoms with Gasteiger partial charge < -0.3 is 0 Å². The first-order valence-corrected chi connectivity index (χ1v) is 20.2. The number of hydrogen-bond acceptors (Lipinski definition) is 12. The molecule has 16 heteroatoms. The van der Waals surface area contributed by atoms with E-state index in [1.54, 1.807) is 37.2 Å². The number of hydrogen-bond donors (Lipinski definition) is 0. The van der Waals surface area contributed by atoms with Crippen LogP contribution >= 0.6 is 0 Å². The van der Waals surface area contributed by atoms with Crippen LogP contribution < -0.4 is 0 Å². The van der Waals surface area contributed by atoms with Crippen LogP contribution in [-0.4, -0.2) is 98.7 Å². The van der Waals surface area contributed by atoms with Gasteiger partial charge in [-0.3, -0.25) is 0 Å². The number of rotatable bonds is 0. The van der Waals surface area contributed by atoms with E-state index < -0.39 is 0 Å². The van der Waals surface area contributed by atoms with Gasteiger partial charge in [0.15, 0.2) is 0 Å². The van der Waals surface area contributed by atoms with Crippen LogP contribution in [0, 0.1) is 0 Å². The van der Waals surface area contributed by atoms with Gasteiger partial charge >= 0.3 is 327 Å². The number of benzene rings is 3. The van der Waals surface area contributed by atoms with Crippen molar-refractivity contribution in [1.29, 1.82) is 0 Å². The summed E-state index contributed by atoms with van der Waals surface area (Å²) in [5.41, 5.74) is 11.4. The molecule has 0 unspecified atom stereocenters. The van der Waals surface area contributed by atoms with Crippen LogP contribution in [0.1, 0.15) is 0 Å². The van der Waals surface area contributed by atoms with Crippen molar-refractivity contribution < 1.29 is 19.5 Å². The molecule has 0 saturated carbocycles. The molecule has 9 heterocycles. The van der Waals surface area contributed by atoms with Crippen LogP contribution in [0.25, 0.3) is 98.5 Å². The van der Waals surface area contributed by atoms with E-state index in [0.29, 0.717) is 0 Å². The Bertz CT molecular complexity index is 2700. The molecule has 0 fully saturated rings. The van der Waals surface area contributed by atoms with Crippen LogP contribution in [0.2, 0.25) is 0 Å². The second kappa shape index (κ2) is 13.9. The Morgan fingerprint density at radius 1 is 0.250 bits per heavy atom. The van der Waals surface area contributed by atoms with E-state index in [1.807, 2.05) is 72.8 Å². The molecule has 9 aromatic heterocycles. The zero-order valence-corrected chi connectivity index (χ0v) is 33.2. The van der Waals surface area contributed by atoms with Gasteiger partial charge in [-0.15, -0.1) is 0 Å². The molecule has 0 aliphatic carbocycles. The first kappa shape index (κ1) is 33.0. The molecule has 0 aliphatic heterocycles. The van der Waals surface area contributed by atoms with Gasteiger partial charge in [-0.25, -0.2) is 0 Å². The van der Waals surface area contributed by atoms with Gasteiger partial charge in [0.2, 0.25) is 0 Å². The van der Waals surface area contributed by atoms with Gasteiger partial charge in [0.05, 0.1) is 0 Å². The Morgan fingerprint density at radius 3 is 0.596 bits per heavy atom. The summed E-state index contributed by atoms with van der Waals surface area (Å²) in [6.07, 6.45) is 10.8. The van der Waals surface area contributed by atoms with Crippen LogP contribution in [0.3, 0.4) is 0 Å². The summed E-state index contributed by atoms with van der Waals surface area (Å²) in [6.45, 7) is 0. The zero-order valence-electron chi connectivity index (χ0n) is 26.3. The number of pyridine rings is 6. The quantitative estimate of drug-likeness (QED) is 0.142. The Kier molecular flexibility index (Phi) is 8.82. The Labute approximate surface area is 324 Å². The van der Waals surface area contributed by atoms with Crippen molar-refractivity contribution in [2.24, 2.45) is 0 Å². The van der Waals surface area contributed by atoms with E-state index in [9.17, 15) is 0 Å². The molecular weight excluding hydrogens is 938 g/mol. The van der Waals surface area contributed by atoms with Gasteiger partial charge in [-0.1, -0.05) is 0 Å². The standard InChI is InChI=1S/3C12H6N4Se.Ru/c3*1-3-7-9(13-5-1)10-8(4-2-6-14-10)12-11(7)15-17-16-12;/h3*1-6H;/q;;;+3. The molecule has 1 radical (unpaired) electrons. The fourth-order valence-corrected chi connectivity index (χ4v) is 9.95. The van der Waals surface area contributed by atoms with Crippen molar-refractivity contribution in [3.63, 3.8) is 0 Å². The Morgan fingerprint density at radius 2 is 0.423 bits per heavy atom. The van der Waals surface area contributed by atoms with Crippen molar-refractivity contribution in [2.45, 2.75) is 0 Å². The third-order valence-corrected chi connectivity index (χ3v) is 11.8. The second-order valence-corrected chi connectivity index (χ2v) is 14.6. The molecule has 0 aliphatic rings. The molecule has 52 heavy (non-hydrogen) atoms. The maximum absolute atomic E-state index is 4.51. The zero-order chi connectivity index (χ0) is 33.7. The van der Waals surface area contributed by atoms with Gasteiger partial charge in [-0.05, 0) is 0 Å². The summed E-state index contributed by atoms with van der Waals surface area (Å²) >= 11 is -0.0975. The molecular formula is C36H18N12RuSe3+3. The van der Waals surface area contributed by atoms with E-state index in [2.05, 4.69) is 53.8 Å². The monoisotopic (exact) mass is 960 g/mol. The SMILES string of the molecule is [Ru+3].c1cnc2c(c1)c1n[se]nc1c1cccnc12.c1cnc2c(c1)c1n[se]nc1c1cccnc12.c1cnc2c(c1)c1n[se]nc1c1cccnc12. The van der Waals surface area contributed by atoms with Gasteiger partial charge in [0, 0.05) is 0 Å². The molecule has 0 bridgehead atoms. The third-order valence-electron chi connectivity index (χ3n) is 8.52. The van der Waals surface area contributed by atoms with E-state index in [-0.39, 0.29) is 64.4 Å². The minimum absolute atomic E-state index is 0. The predicted octanol–water partition coefficient (Wildman–Crippen LogP) is 5.35. The average molecular weight is 957 g/mol.